The van der Waals surface area contributed by atoms with Crippen molar-refractivity contribution in [1.29, 1.82) is 0 Å². The highest BCUT2D eigenvalue weighted by molar-refractivity contribution is 6.33. The number of halogens is 2. The van der Waals surface area contributed by atoms with Gasteiger partial charge in [-0.3, -0.25) is 9.69 Å². The molecule has 0 radical (unpaired) electrons. The summed E-state index contributed by atoms with van der Waals surface area (Å²) in [4.78, 5) is 14.1. The van der Waals surface area contributed by atoms with Gasteiger partial charge in [-0.05, 0) is 19.1 Å². The second-order valence-electron chi connectivity index (χ2n) is 5.66. The van der Waals surface area contributed by atoms with Gasteiger partial charge in [0.15, 0.2) is 0 Å². The van der Waals surface area contributed by atoms with Crippen LogP contribution in [-0.4, -0.2) is 60.9 Å². The molecule has 2 N–H and O–H groups in total. The number of nitrogens with zero attached hydrogens (tertiary/aromatic N) is 1. The second kappa shape index (κ2) is 7.37. The lowest BCUT2D eigenvalue weighted by Gasteiger charge is -2.33. The number of benzene rings is 1. The Morgan fingerprint density at radius 1 is 1.50 bits per heavy atom. The zero-order chi connectivity index (χ0) is 16.2. The number of carbonyl (C=O) groups excluding carboxylic acids is 1. The minimum Gasteiger partial charge on any atom is -0.387 e. The predicted molar refractivity (Wildman–Crippen MR) is 81.6 cm³/mol. The number of β-amino-alcohol motifs (C(OH)–C–C–N with tert-alkyl or cyclic N) is 1. The van der Waals surface area contributed by atoms with Gasteiger partial charge in [-0.2, -0.15) is 0 Å². The van der Waals surface area contributed by atoms with E-state index in [4.69, 9.17) is 16.3 Å². The second-order valence-corrected chi connectivity index (χ2v) is 6.07. The van der Waals surface area contributed by atoms with Crippen molar-refractivity contribution < 1.29 is 19.0 Å². The van der Waals surface area contributed by atoms with E-state index < -0.39 is 17.3 Å². The Morgan fingerprint density at radius 2 is 2.18 bits per heavy atom. The maximum atomic E-state index is 13.7. The summed E-state index contributed by atoms with van der Waals surface area (Å²) < 4.78 is 18.9. The normalized spacial score (nSPS) is 18.7. The van der Waals surface area contributed by atoms with E-state index in [1.807, 2.05) is 0 Å². The van der Waals surface area contributed by atoms with Crippen molar-refractivity contribution in [2.75, 3.05) is 39.4 Å². The van der Waals surface area contributed by atoms with E-state index in [1.54, 1.807) is 6.92 Å². The average molecular weight is 331 g/mol. The van der Waals surface area contributed by atoms with Crippen molar-refractivity contribution in [3.8, 4) is 0 Å². The van der Waals surface area contributed by atoms with Crippen LogP contribution in [0.5, 0.6) is 0 Å². The number of aliphatic hydroxyl groups is 1. The molecule has 0 aromatic heterocycles. The van der Waals surface area contributed by atoms with E-state index in [-0.39, 0.29) is 17.1 Å². The molecule has 1 amide bonds. The first-order chi connectivity index (χ1) is 10.4. The number of carbonyl (C=O) groups is 1. The Labute approximate surface area is 134 Å². The highest BCUT2D eigenvalue weighted by Crippen LogP contribution is 2.19. The first kappa shape index (κ1) is 17.1. The maximum absolute atomic E-state index is 13.7. The molecule has 122 valence electrons. The number of amides is 1. The van der Waals surface area contributed by atoms with Crippen LogP contribution < -0.4 is 5.32 Å². The Morgan fingerprint density at radius 3 is 2.82 bits per heavy atom. The quantitative estimate of drug-likeness (QED) is 0.854. The molecule has 0 bridgehead atoms. The van der Waals surface area contributed by atoms with E-state index in [1.165, 1.54) is 18.2 Å². The van der Waals surface area contributed by atoms with E-state index >= 15 is 0 Å². The number of ether oxygens (including phenoxy) is 1. The number of morpholine rings is 1. The molecule has 0 aliphatic carbocycles. The Hall–Kier alpha value is -1.21. The van der Waals surface area contributed by atoms with Crippen molar-refractivity contribution in [1.82, 2.24) is 10.2 Å². The molecule has 1 aromatic rings. The molecule has 1 heterocycles. The van der Waals surface area contributed by atoms with Crippen LogP contribution in [0.4, 0.5) is 4.39 Å². The van der Waals surface area contributed by atoms with Crippen LogP contribution >= 0.6 is 11.6 Å². The minimum absolute atomic E-state index is 0.00779. The summed E-state index contributed by atoms with van der Waals surface area (Å²) in [6, 6.07) is 4.06. The Kier molecular flexibility index (Phi) is 5.74. The SMILES string of the molecule is CC(O)(CNC(=O)c1c(F)cccc1Cl)CN1CCOCC1. The van der Waals surface area contributed by atoms with Gasteiger partial charge in [0.1, 0.15) is 5.82 Å². The third-order valence-electron chi connectivity index (χ3n) is 3.49. The van der Waals surface area contributed by atoms with Gasteiger partial charge in [0.25, 0.3) is 5.91 Å². The zero-order valence-corrected chi connectivity index (χ0v) is 13.2. The fraction of sp³-hybridized carbons (Fsp3) is 0.533. The molecule has 1 atom stereocenters. The largest absolute Gasteiger partial charge is 0.387 e. The molecule has 0 spiro atoms. The van der Waals surface area contributed by atoms with Crippen LogP contribution in [0.1, 0.15) is 17.3 Å². The first-order valence-corrected chi connectivity index (χ1v) is 7.51. The molecule has 1 fully saturated rings. The fourth-order valence-corrected chi connectivity index (χ4v) is 2.62. The number of rotatable bonds is 5. The Balaban J connectivity index is 1.91. The lowest BCUT2D eigenvalue weighted by molar-refractivity contribution is -0.0213. The number of hydrogen-bond acceptors (Lipinski definition) is 4. The number of hydrogen-bond donors (Lipinski definition) is 2. The average Bonchev–Trinajstić information content (AvgIpc) is 2.46. The summed E-state index contributed by atoms with van der Waals surface area (Å²) in [7, 11) is 0. The fourth-order valence-electron chi connectivity index (χ4n) is 2.37. The molecule has 5 nitrogen and oxygen atoms in total. The Bertz CT molecular complexity index is 513. The van der Waals surface area contributed by atoms with Crippen molar-refractivity contribution in [2.45, 2.75) is 12.5 Å². The van der Waals surface area contributed by atoms with Gasteiger partial charge in [-0.1, -0.05) is 17.7 Å². The van der Waals surface area contributed by atoms with Gasteiger partial charge in [0.2, 0.25) is 0 Å². The molecule has 7 heteroatoms. The molecular formula is C15H20ClFN2O3. The van der Waals surface area contributed by atoms with E-state index in [0.717, 1.165) is 13.1 Å². The smallest absolute Gasteiger partial charge is 0.255 e. The van der Waals surface area contributed by atoms with E-state index in [9.17, 15) is 14.3 Å². The van der Waals surface area contributed by atoms with E-state index in [2.05, 4.69) is 10.2 Å². The summed E-state index contributed by atoms with van der Waals surface area (Å²) in [5, 5.41) is 13.0. The monoisotopic (exact) mass is 330 g/mol. The summed E-state index contributed by atoms with van der Waals surface area (Å²) in [5.74, 6) is -1.32. The topological polar surface area (TPSA) is 61.8 Å². The van der Waals surface area contributed by atoms with Crippen LogP contribution in [0.25, 0.3) is 0 Å². The number of nitrogens with one attached hydrogen (secondary N) is 1. The van der Waals surface area contributed by atoms with Crippen LogP contribution in [-0.2, 0) is 4.74 Å². The highest BCUT2D eigenvalue weighted by atomic mass is 35.5. The molecule has 22 heavy (non-hydrogen) atoms. The summed E-state index contributed by atoms with van der Waals surface area (Å²) in [5.41, 5.74) is -1.32. The molecule has 1 unspecified atom stereocenters. The zero-order valence-electron chi connectivity index (χ0n) is 12.4. The van der Waals surface area contributed by atoms with Gasteiger partial charge in [0.05, 0.1) is 29.4 Å². The lowest BCUT2D eigenvalue weighted by atomic mass is 10.1. The summed E-state index contributed by atoms with van der Waals surface area (Å²) >= 11 is 5.84. The van der Waals surface area contributed by atoms with Gasteiger partial charge >= 0.3 is 0 Å². The summed E-state index contributed by atoms with van der Waals surface area (Å²) in [6.45, 7) is 4.79. The molecule has 1 aliphatic rings. The first-order valence-electron chi connectivity index (χ1n) is 7.14. The van der Waals surface area contributed by atoms with Crippen molar-refractivity contribution in [3.63, 3.8) is 0 Å². The highest BCUT2D eigenvalue weighted by Gasteiger charge is 2.27. The molecule has 1 aliphatic heterocycles. The van der Waals surface area contributed by atoms with Crippen LogP contribution in [0.2, 0.25) is 5.02 Å². The van der Waals surface area contributed by atoms with Gasteiger partial charge in [-0.25, -0.2) is 4.39 Å². The third kappa shape index (κ3) is 4.64. The maximum Gasteiger partial charge on any atom is 0.255 e. The third-order valence-corrected chi connectivity index (χ3v) is 3.80. The van der Waals surface area contributed by atoms with Crippen LogP contribution in [0.3, 0.4) is 0 Å². The van der Waals surface area contributed by atoms with Gasteiger partial charge < -0.3 is 15.2 Å². The van der Waals surface area contributed by atoms with Crippen LogP contribution in [0.15, 0.2) is 18.2 Å². The summed E-state index contributed by atoms with van der Waals surface area (Å²) in [6.07, 6.45) is 0. The van der Waals surface area contributed by atoms with Crippen molar-refractivity contribution in [2.24, 2.45) is 0 Å². The lowest BCUT2D eigenvalue weighted by Crippen LogP contribution is -2.51. The molecule has 1 aromatic carbocycles. The van der Waals surface area contributed by atoms with E-state index in [0.29, 0.717) is 19.8 Å². The molecule has 1 saturated heterocycles. The van der Waals surface area contributed by atoms with Crippen molar-refractivity contribution in [3.05, 3.63) is 34.6 Å². The molecule has 2 rings (SSSR count). The molecule has 0 saturated carbocycles. The van der Waals surface area contributed by atoms with Gasteiger partial charge in [0, 0.05) is 26.2 Å². The standard InChI is InChI=1S/C15H20ClFN2O3/c1-15(21,10-19-5-7-22-8-6-19)9-18-14(20)13-11(16)3-2-4-12(13)17/h2-4,21H,5-10H2,1H3,(H,18,20). The minimum atomic E-state index is -1.12. The van der Waals surface area contributed by atoms with Crippen molar-refractivity contribution >= 4 is 17.5 Å². The van der Waals surface area contributed by atoms with Gasteiger partial charge in [-0.15, -0.1) is 0 Å². The molecular weight excluding hydrogens is 311 g/mol. The van der Waals surface area contributed by atoms with Crippen LogP contribution in [0, 0.1) is 5.82 Å². The predicted octanol–water partition coefficient (Wildman–Crippen LogP) is 1.29.